The van der Waals surface area contributed by atoms with Crippen molar-refractivity contribution < 1.29 is 4.74 Å². The first kappa shape index (κ1) is 6.99. The van der Waals surface area contributed by atoms with E-state index in [9.17, 15) is 0 Å². The summed E-state index contributed by atoms with van der Waals surface area (Å²) in [6.45, 7) is 2.74. The van der Waals surface area contributed by atoms with E-state index < -0.39 is 0 Å². The number of ether oxygens (including phenoxy) is 1. The van der Waals surface area contributed by atoms with Gasteiger partial charge in [0, 0.05) is 13.1 Å². The Morgan fingerprint density at radius 1 is 1.67 bits per heavy atom. The molecule has 1 fully saturated rings. The van der Waals surface area contributed by atoms with Crippen molar-refractivity contribution >= 4 is 0 Å². The molecule has 1 aliphatic heterocycles. The molecule has 3 heteroatoms. The van der Waals surface area contributed by atoms with Crippen LogP contribution in [0.4, 0.5) is 0 Å². The summed E-state index contributed by atoms with van der Waals surface area (Å²) < 4.78 is 5.31. The zero-order valence-electron chi connectivity index (χ0n) is 6.05. The fraction of sp³-hybridized carbons (Fsp3) is 1.00. The number of nitrogens with zero attached hydrogens (tertiary/aromatic N) is 1. The number of likely N-dealkylation sites (N-methyl/N-ethyl adjacent to an activating group) is 1. The molecule has 1 heterocycles. The Morgan fingerprint density at radius 3 is 2.89 bits per heavy atom. The van der Waals surface area contributed by atoms with Crippen LogP contribution in [0.15, 0.2) is 0 Å². The third kappa shape index (κ3) is 2.30. The highest BCUT2D eigenvalue weighted by atomic mass is 16.5. The first-order chi connectivity index (χ1) is 4.29. The fourth-order valence-electron chi connectivity index (χ4n) is 0.980. The van der Waals surface area contributed by atoms with Gasteiger partial charge in [0.1, 0.15) is 0 Å². The summed E-state index contributed by atoms with van der Waals surface area (Å²) in [7, 11) is 4.11. The predicted octanol–water partition coefficient (Wildman–Crippen LogP) is -0.506. The Kier molecular flexibility index (Phi) is 2.45. The number of rotatable bonds is 2. The van der Waals surface area contributed by atoms with Gasteiger partial charge in [-0.3, -0.25) is 5.32 Å². The van der Waals surface area contributed by atoms with E-state index in [-0.39, 0.29) is 0 Å². The van der Waals surface area contributed by atoms with E-state index in [2.05, 4.69) is 24.3 Å². The molecular weight excluding hydrogens is 116 g/mol. The van der Waals surface area contributed by atoms with E-state index in [0.717, 1.165) is 19.8 Å². The van der Waals surface area contributed by atoms with E-state index in [4.69, 9.17) is 4.74 Å². The van der Waals surface area contributed by atoms with Gasteiger partial charge in [0.2, 0.25) is 0 Å². The van der Waals surface area contributed by atoms with Crippen LogP contribution < -0.4 is 5.32 Å². The quantitative estimate of drug-likeness (QED) is 0.545. The van der Waals surface area contributed by atoms with Crippen molar-refractivity contribution in [1.82, 2.24) is 10.2 Å². The summed E-state index contributed by atoms with van der Waals surface area (Å²) >= 11 is 0. The molecule has 1 atom stereocenters. The van der Waals surface area contributed by atoms with Gasteiger partial charge in [-0.25, -0.2) is 0 Å². The van der Waals surface area contributed by atoms with Crippen LogP contribution in [0.5, 0.6) is 0 Å². The van der Waals surface area contributed by atoms with Gasteiger partial charge >= 0.3 is 0 Å². The second kappa shape index (κ2) is 3.15. The second-order valence-corrected chi connectivity index (χ2v) is 2.65. The third-order valence-corrected chi connectivity index (χ3v) is 1.36. The van der Waals surface area contributed by atoms with Crippen LogP contribution in [0.25, 0.3) is 0 Å². The standard InChI is InChI=1S/C6H14N2O/c1-8(2)4-6-3-7-5-9-6/h6-7H,3-5H2,1-2H3/t6-/m0/s1. The minimum atomic E-state index is 0.403. The van der Waals surface area contributed by atoms with Crippen LogP contribution in [0, 0.1) is 0 Å². The Balaban J connectivity index is 2.11. The van der Waals surface area contributed by atoms with E-state index in [0.29, 0.717) is 6.10 Å². The predicted molar refractivity (Wildman–Crippen MR) is 36.3 cm³/mol. The molecule has 0 aromatic rings. The van der Waals surface area contributed by atoms with Gasteiger partial charge < -0.3 is 9.64 Å². The summed E-state index contributed by atoms with van der Waals surface area (Å²) in [5.74, 6) is 0. The average Bonchev–Trinajstić information content (AvgIpc) is 2.15. The second-order valence-electron chi connectivity index (χ2n) is 2.65. The SMILES string of the molecule is CN(C)C[C@@H]1CNCO1. The molecule has 9 heavy (non-hydrogen) atoms. The summed E-state index contributed by atoms with van der Waals surface area (Å²) in [6, 6.07) is 0. The van der Waals surface area contributed by atoms with Gasteiger partial charge in [0.15, 0.2) is 0 Å². The first-order valence-electron chi connectivity index (χ1n) is 3.26. The van der Waals surface area contributed by atoms with E-state index in [1.807, 2.05) is 0 Å². The summed E-state index contributed by atoms with van der Waals surface area (Å²) in [5.41, 5.74) is 0. The van der Waals surface area contributed by atoms with Crippen molar-refractivity contribution in [3.63, 3.8) is 0 Å². The molecule has 0 radical (unpaired) electrons. The highest BCUT2D eigenvalue weighted by Crippen LogP contribution is 1.96. The molecule has 0 bridgehead atoms. The van der Waals surface area contributed by atoms with Crippen molar-refractivity contribution in [3.8, 4) is 0 Å². The van der Waals surface area contributed by atoms with Crippen LogP contribution in [0.2, 0.25) is 0 Å². The minimum Gasteiger partial charge on any atom is -0.360 e. The van der Waals surface area contributed by atoms with Crippen molar-refractivity contribution in [2.45, 2.75) is 6.10 Å². The maximum atomic E-state index is 5.31. The number of hydrogen-bond donors (Lipinski definition) is 1. The largest absolute Gasteiger partial charge is 0.360 e. The molecule has 1 N–H and O–H groups in total. The molecule has 0 amide bonds. The summed E-state index contributed by atoms with van der Waals surface area (Å²) in [4.78, 5) is 2.14. The Labute approximate surface area is 56.0 Å². The summed E-state index contributed by atoms with van der Waals surface area (Å²) in [6.07, 6.45) is 0.403. The maximum absolute atomic E-state index is 5.31. The van der Waals surface area contributed by atoms with E-state index >= 15 is 0 Å². The van der Waals surface area contributed by atoms with Gasteiger partial charge in [-0.1, -0.05) is 0 Å². The lowest BCUT2D eigenvalue weighted by molar-refractivity contribution is 0.0910. The van der Waals surface area contributed by atoms with E-state index in [1.165, 1.54) is 0 Å². The lowest BCUT2D eigenvalue weighted by atomic mass is 10.3. The lowest BCUT2D eigenvalue weighted by Gasteiger charge is -2.13. The monoisotopic (exact) mass is 130 g/mol. The van der Waals surface area contributed by atoms with Crippen LogP contribution in [-0.2, 0) is 4.74 Å². The molecule has 1 rings (SSSR count). The molecule has 0 saturated carbocycles. The zero-order chi connectivity index (χ0) is 6.69. The third-order valence-electron chi connectivity index (χ3n) is 1.36. The van der Waals surface area contributed by atoms with Gasteiger partial charge in [0.25, 0.3) is 0 Å². The fourth-order valence-corrected chi connectivity index (χ4v) is 0.980. The maximum Gasteiger partial charge on any atom is 0.0971 e. The topological polar surface area (TPSA) is 24.5 Å². The van der Waals surface area contributed by atoms with Crippen molar-refractivity contribution in [2.75, 3.05) is 33.9 Å². The van der Waals surface area contributed by atoms with Gasteiger partial charge in [-0.05, 0) is 14.1 Å². The Hall–Kier alpha value is -0.120. The first-order valence-corrected chi connectivity index (χ1v) is 3.26. The van der Waals surface area contributed by atoms with Crippen molar-refractivity contribution in [1.29, 1.82) is 0 Å². The lowest BCUT2D eigenvalue weighted by Crippen LogP contribution is -2.28. The van der Waals surface area contributed by atoms with Gasteiger partial charge in [-0.15, -0.1) is 0 Å². The highest BCUT2D eigenvalue weighted by molar-refractivity contribution is 4.67. The molecule has 54 valence electrons. The van der Waals surface area contributed by atoms with Crippen molar-refractivity contribution in [2.24, 2.45) is 0 Å². The molecule has 1 saturated heterocycles. The van der Waals surface area contributed by atoms with E-state index in [1.54, 1.807) is 0 Å². The minimum absolute atomic E-state index is 0.403. The smallest absolute Gasteiger partial charge is 0.0971 e. The van der Waals surface area contributed by atoms with Crippen molar-refractivity contribution in [3.05, 3.63) is 0 Å². The summed E-state index contributed by atoms with van der Waals surface area (Å²) in [5, 5.41) is 3.13. The number of hydrogen-bond acceptors (Lipinski definition) is 3. The average molecular weight is 130 g/mol. The molecule has 0 aromatic heterocycles. The van der Waals surface area contributed by atoms with Crippen LogP contribution in [-0.4, -0.2) is 44.9 Å². The molecular formula is C6H14N2O. The normalized spacial score (nSPS) is 27.7. The van der Waals surface area contributed by atoms with Crippen LogP contribution in [0.3, 0.4) is 0 Å². The molecule has 0 unspecified atom stereocenters. The van der Waals surface area contributed by atoms with Crippen LogP contribution >= 0.6 is 0 Å². The Morgan fingerprint density at radius 2 is 2.44 bits per heavy atom. The van der Waals surface area contributed by atoms with Crippen LogP contribution in [0.1, 0.15) is 0 Å². The highest BCUT2D eigenvalue weighted by Gasteiger charge is 2.14. The molecule has 3 nitrogen and oxygen atoms in total. The number of nitrogens with one attached hydrogen (secondary N) is 1. The van der Waals surface area contributed by atoms with Gasteiger partial charge in [-0.2, -0.15) is 0 Å². The zero-order valence-corrected chi connectivity index (χ0v) is 6.05. The molecule has 0 aliphatic carbocycles. The molecule has 1 aliphatic rings. The molecule has 0 spiro atoms. The molecule has 0 aromatic carbocycles. The van der Waals surface area contributed by atoms with Gasteiger partial charge in [0.05, 0.1) is 12.8 Å². The Bertz CT molecular complexity index is 79.1.